The van der Waals surface area contributed by atoms with Crippen molar-refractivity contribution in [3.63, 3.8) is 0 Å². The summed E-state index contributed by atoms with van der Waals surface area (Å²) in [5.41, 5.74) is 0.589. The van der Waals surface area contributed by atoms with E-state index in [1.165, 1.54) is 19.2 Å². The molecule has 1 rings (SSSR count). The minimum atomic E-state index is -4.12. The first-order valence-corrected chi connectivity index (χ1v) is 7.59. The van der Waals surface area contributed by atoms with E-state index in [1.807, 2.05) is 0 Å². The van der Waals surface area contributed by atoms with Gasteiger partial charge in [-0.2, -0.15) is 13.2 Å². The summed E-state index contributed by atoms with van der Waals surface area (Å²) in [6.45, 7) is 6.17. The van der Waals surface area contributed by atoms with E-state index in [-0.39, 0.29) is 0 Å². The molecule has 0 atom stereocenters. The fourth-order valence-corrected chi connectivity index (χ4v) is 3.12. The third-order valence-corrected chi connectivity index (χ3v) is 5.78. The Balaban J connectivity index is 3.32. The summed E-state index contributed by atoms with van der Waals surface area (Å²) < 4.78 is 38.6. The number of alkyl halides is 3. The van der Waals surface area contributed by atoms with Crippen LogP contribution in [0.1, 0.15) is 5.56 Å². The number of rotatable bonds is 2. The standard InChI is InChI=1S/C11H13F3Si/c1-4-9-7-5-6-8-10(9)15(2,3)11(12,13)14/h4-8H,1H2,2-3H3. The molecule has 0 aromatic heterocycles. The van der Waals surface area contributed by atoms with Gasteiger partial charge >= 0.3 is 5.80 Å². The SMILES string of the molecule is C=Cc1ccccc1[Si](C)(C)C(F)(F)F. The van der Waals surface area contributed by atoms with Crippen molar-refractivity contribution in [3.8, 4) is 0 Å². The van der Waals surface area contributed by atoms with Crippen molar-refractivity contribution in [2.75, 3.05) is 0 Å². The van der Waals surface area contributed by atoms with E-state index in [9.17, 15) is 13.2 Å². The molecule has 0 saturated carbocycles. The van der Waals surface area contributed by atoms with Gasteiger partial charge in [0.05, 0.1) is 0 Å². The Hall–Kier alpha value is -1.03. The summed E-state index contributed by atoms with van der Waals surface area (Å²) in [5, 5.41) is 0.396. The maximum atomic E-state index is 12.9. The zero-order valence-corrected chi connectivity index (χ0v) is 9.73. The quantitative estimate of drug-likeness (QED) is 0.683. The Bertz CT molecular complexity index is 366. The van der Waals surface area contributed by atoms with Crippen molar-refractivity contribution >= 4 is 19.3 Å². The van der Waals surface area contributed by atoms with Gasteiger partial charge in [-0.15, -0.1) is 0 Å². The van der Waals surface area contributed by atoms with Gasteiger partial charge < -0.3 is 0 Å². The van der Waals surface area contributed by atoms with Gasteiger partial charge in [0, 0.05) is 0 Å². The van der Waals surface area contributed by atoms with Crippen LogP contribution in [0.5, 0.6) is 0 Å². The highest BCUT2D eigenvalue weighted by molar-refractivity contribution is 6.91. The molecule has 0 saturated heterocycles. The Labute approximate surface area is 88.4 Å². The Morgan fingerprint density at radius 3 is 2.20 bits per heavy atom. The fraction of sp³-hybridized carbons (Fsp3) is 0.273. The van der Waals surface area contributed by atoms with Gasteiger partial charge in [-0.3, -0.25) is 0 Å². The summed E-state index contributed by atoms with van der Waals surface area (Å²) in [4.78, 5) is 0. The third kappa shape index (κ3) is 2.14. The van der Waals surface area contributed by atoms with Crippen molar-refractivity contribution in [3.05, 3.63) is 36.4 Å². The highest BCUT2D eigenvalue weighted by atomic mass is 28.3. The van der Waals surface area contributed by atoms with Crippen LogP contribution >= 0.6 is 0 Å². The van der Waals surface area contributed by atoms with Crippen molar-refractivity contribution in [2.24, 2.45) is 0 Å². The molecule has 15 heavy (non-hydrogen) atoms. The molecule has 4 heteroatoms. The van der Waals surface area contributed by atoms with E-state index >= 15 is 0 Å². The molecule has 1 aromatic rings. The van der Waals surface area contributed by atoms with Crippen LogP contribution < -0.4 is 5.19 Å². The van der Waals surface area contributed by atoms with Crippen LogP contribution in [0.3, 0.4) is 0 Å². The molecule has 0 aliphatic carbocycles. The number of hydrogen-bond donors (Lipinski definition) is 0. The van der Waals surface area contributed by atoms with Crippen LogP contribution in [-0.2, 0) is 0 Å². The molecule has 0 bridgehead atoms. The maximum absolute atomic E-state index is 12.9. The van der Waals surface area contributed by atoms with Gasteiger partial charge in [0.15, 0.2) is 0 Å². The lowest BCUT2D eigenvalue weighted by atomic mass is 10.2. The molecule has 0 heterocycles. The molecule has 0 aliphatic heterocycles. The molecule has 82 valence electrons. The van der Waals surface area contributed by atoms with E-state index in [0.717, 1.165) is 0 Å². The van der Waals surface area contributed by atoms with Gasteiger partial charge in [-0.25, -0.2) is 0 Å². The first kappa shape index (κ1) is 12.0. The first-order valence-electron chi connectivity index (χ1n) is 4.59. The number of halogens is 3. The number of benzene rings is 1. The monoisotopic (exact) mass is 230 g/mol. The van der Waals surface area contributed by atoms with E-state index in [4.69, 9.17) is 0 Å². The molecular weight excluding hydrogens is 217 g/mol. The summed E-state index contributed by atoms with van der Waals surface area (Å²) in [6.07, 6.45) is 1.48. The third-order valence-electron chi connectivity index (χ3n) is 2.56. The topological polar surface area (TPSA) is 0 Å². The lowest BCUT2D eigenvalue weighted by Crippen LogP contribution is -2.56. The zero-order valence-electron chi connectivity index (χ0n) is 8.73. The maximum Gasteiger partial charge on any atom is 0.365 e. The van der Waals surface area contributed by atoms with Gasteiger partial charge in [0.1, 0.15) is 0 Å². The Kier molecular flexibility index (Phi) is 3.09. The summed E-state index contributed by atoms with van der Waals surface area (Å²) in [7, 11) is -3.42. The largest absolute Gasteiger partial charge is 0.365 e. The van der Waals surface area contributed by atoms with Gasteiger partial charge in [-0.05, 0) is 10.8 Å². The second-order valence-corrected chi connectivity index (χ2v) is 8.27. The van der Waals surface area contributed by atoms with Crippen LogP contribution in [0, 0.1) is 0 Å². The summed E-state index contributed by atoms with van der Waals surface area (Å²) >= 11 is 0. The van der Waals surface area contributed by atoms with Crippen molar-refractivity contribution in [2.45, 2.75) is 18.9 Å². The fourth-order valence-electron chi connectivity index (χ4n) is 1.40. The smallest absolute Gasteiger partial charge is 0.176 e. The van der Waals surface area contributed by atoms with E-state index in [2.05, 4.69) is 6.58 Å². The van der Waals surface area contributed by atoms with E-state index < -0.39 is 13.9 Å². The second-order valence-electron chi connectivity index (χ2n) is 3.91. The minimum absolute atomic E-state index is 0.396. The predicted molar refractivity (Wildman–Crippen MR) is 59.7 cm³/mol. The molecule has 0 unspecified atom stereocenters. The van der Waals surface area contributed by atoms with Crippen molar-refractivity contribution in [1.82, 2.24) is 0 Å². The van der Waals surface area contributed by atoms with Crippen molar-refractivity contribution in [1.29, 1.82) is 0 Å². The van der Waals surface area contributed by atoms with Crippen molar-refractivity contribution < 1.29 is 13.2 Å². The molecule has 0 amide bonds. The molecule has 0 N–H and O–H groups in total. The lowest BCUT2D eigenvalue weighted by molar-refractivity contribution is -0.0539. The van der Waals surface area contributed by atoms with Crippen LogP contribution in [0.15, 0.2) is 30.8 Å². The Morgan fingerprint density at radius 1 is 1.20 bits per heavy atom. The molecule has 1 aromatic carbocycles. The zero-order chi connectivity index (χ0) is 11.7. The molecule has 0 aliphatic rings. The molecule has 0 spiro atoms. The van der Waals surface area contributed by atoms with Crippen LogP contribution in [-0.4, -0.2) is 13.9 Å². The minimum Gasteiger partial charge on any atom is -0.176 e. The summed E-state index contributed by atoms with van der Waals surface area (Å²) in [5.74, 6) is -4.12. The van der Waals surface area contributed by atoms with Crippen LogP contribution in [0.25, 0.3) is 6.08 Å². The van der Waals surface area contributed by atoms with E-state index in [1.54, 1.807) is 24.3 Å². The molecular formula is C11H13F3Si. The molecule has 0 radical (unpaired) electrons. The van der Waals surface area contributed by atoms with Gasteiger partial charge in [-0.1, -0.05) is 50.0 Å². The second kappa shape index (κ2) is 3.85. The molecule has 0 nitrogen and oxygen atoms in total. The normalized spacial score (nSPS) is 12.6. The van der Waals surface area contributed by atoms with E-state index in [0.29, 0.717) is 10.8 Å². The van der Waals surface area contributed by atoms with Gasteiger partial charge in [0.2, 0.25) is 8.07 Å². The molecule has 0 fully saturated rings. The average Bonchev–Trinajstić information content (AvgIpc) is 2.16. The first-order chi connectivity index (χ1) is 6.80. The summed E-state index contributed by atoms with van der Waals surface area (Å²) in [6, 6.07) is 6.59. The number of hydrogen-bond acceptors (Lipinski definition) is 0. The van der Waals surface area contributed by atoms with Gasteiger partial charge in [0.25, 0.3) is 0 Å². The van der Waals surface area contributed by atoms with Crippen LogP contribution in [0.4, 0.5) is 13.2 Å². The predicted octanol–water partition coefficient (Wildman–Crippen LogP) is 3.35. The Morgan fingerprint density at radius 2 is 1.73 bits per heavy atom. The highest BCUT2D eigenvalue weighted by Crippen LogP contribution is 2.29. The van der Waals surface area contributed by atoms with Crippen LogP contribution in [0.2, 0.25) is 13.1 Å². The average molecular weight is 230 g/mol. The highest BCUT2D eigenvalue weighted by Gasteiger charge is 2.51. The lowest BCUT2D eigenvalue weighted by Gasteiger charge is -2.27.